The summed E-state index contributed by atoms with van der Waals surface area (Å²) in [6.45, 7) is 6.33. The molecule has 0 spiro atoms. The normalized spacial score (nSPS) is 13.8. The number of carbonyl (C=O) groups is 2. The smallest absolute Gasteiger partial charge is 0.306 e. The maximum atomic E-state index is 13.2. The van der Waals surface area contributed by atoms with Crippen LogP contribution >= 0.6 is 0 Å². The van der Waals surface area contributed by atoms with E-state index in [-0.39, 0.29) is 24.9 Å². The van der Waals surface area contributed by atoms with Crippen LogP contribution in [-0.4, -0.2) is 46.9 Å². The lowest BCUT2D eigenvalue weighted by atomic mass is 10.0. The van der Waals surface area contributed by atoms with Crippen molar-refractivity contribution in [2.45, 2.75) is 277 Å². The summed E-state index contributed by atoms with van der Waals surface area (Å²) >= 11 is 0. The zero-order chi connectivity index (χ0) is 48.1. The van der Waals surface area contributed by atoms with Crippen LogP contribution in [0.25, 0.3) is 0 Å². The maximum absolute atomic E-state index is 13.2. The third-order valence-corrected chi connectivity index (χ3v) is 12.3. The van der Waals surface area contributed by atoms with Gasteiger partial charge in [0.2, 0.25) is 5.91 Å². The van der Waals surface area contributed by atoms with Crippen LogP contribution < -0.4 is 5.32 Å². The molecule has 0 aromatic carbocycles. The molecule has 0 bridgehead atoms. The molecule has 0 saturated heterocycles. The highest BCUT2D eigenvalue weighted by atomic mass is 16.5. The van der Waals surface area contributed by atoms with E-state index in [0.29, 0.717) is 19.3 Å². The Balaban J connectivity index is 4.64. The Morgan fingerprint density at radius 3 is 1.41 bits per heavy atom. The molecule has 3 atom stereocenters. The molecule has 3 unspecified atom stereocenters. The molecule has 0 radical (unpaired) electrons. The summed E-state index contributed by atoms with van der Waals surface area (Å²) in [6.07, 6.45) is 69.2. The van der Waals surface area contributed by atoms with Gasteiger partial charge in [-0.25, -0.2) is 0 Å². The summed E-state index contributed by atoms with van der Waals surface area (Å²) in [6, 6.07) is -0.719. The molecule has 1 amide bonds. The van der Waals surface area contributed by atoms with Gasteiger partial charge in [0.15, 0.2) is 0 Å². The summed E-state index contributed by atoms with van der Waals surface area (Å²) in [7, 11) is 0. The van der Waals surface area contributed by atoms with Crippen LogP contribution in [-0.2, 0) is 14.3 Å². The second-order valence-corrected chi connectivity index (χ2v) is 18.7. The zero-order valence-electron chi connectivity index (χ0n) is 43.3. The van der Waals surface area contributed by atoms with E-state index >= 15 is 0 Å². The van der Waals surface area contributed by atoms with Crippen molar-refractivity contribution in [1.29, 1.82) is 0 Å². The highest BCUT2D eigenvalue weighted by Crippen LogP contribution is 2.18. The molecule has 0 aliphatic heterocycles. The van der Waals surface area contributed by atoms with E-state index < -0.39 is 18.2 Å². The molecule has 0 aromatic heterocycles. The first-order valence-electron chi connectivity index (χ1n) is 27.9. The summed E-state index contributed by atoms with van der Waals surface area (Å²) in [5, 5.41) is 23.8. The number of carbonyl (C=O) groups excluding carboxylic acids is 2. The van der Waals surface area contributed by atoms with E-state index in [2.05, 4.69) is 111 Å². The lowest BCUT2D eigenvalue weighted by molar-refractivity contribution is -0.151. The van der Waals surface area contributed by atoms with Crippen LogP contribution in [0.2, 0.25) is 0 Å². The number of hydrogen-bond donors (Lipinski definition) is 3. The number of rotatable bonds is 49. The number of esters is 1. The highest BCUT2D eigenvalue weighted by Gasteiger charge is 2.24. The Bertz CT molecular complexity index is 1260. The van der Waals surface area contributed by atoms with Crippen LogP contribution in [0.5, 0.6) is 0 Å². The molecule has 6 nitrogen and oxygen atoms in total. The predicted molar refractivity (Wildman–Crippen MR) is 287 cm³/mol. The van der Waals surface area contributed by atoms with E-state index in [1.54, 1.807) is 0 Å². The molecule has 0 aliphatic carbocycles. The van der Waals surface area contributed by atoms with E-state index in [1.807, 2.05) is 0 Å². The van der Waals surface area contributed by atoms with E-state index in [4.69, 9.17) is 4.74 Å². The maximum Gasteiger partial charge on any atom is 0.306 e. The van der Waals surface area contributed by atoms with Crippen LogP contribution in [0.3, 0.4) is 0 Å². The van der Waals surface area contributed by atoms with Gasteiger partial charge in [0.25, 0.3) is 0 Å². The summed E-state index contributed by atoms with van der Waals surface area (Å²) < 4.78 is 5.93. The average molecular weight is 921 g/mol. The predicted octanol–water partition coefficient (Wildman–Crippen LogP) is 17.1. The number of amides is 1. The Hall–Kier alpha value is -2.96. The fourth-order valence-corrected chi connectivity index (χ4v) is 8.10. The zero-order valence-corrected chi connectivity index (χ0v) is 43.3. The Labute approximate surface area is 408 Å². The fraction of sp³-hybridized carbons (Fsp3) is 0.733. The molecule has 0 aromatic rings. The van der Waals surface area contributed by atoms with Gasteiger partial charge >= 0.3 is 5.97 Å². The van der Waals surface area contributed by atoms with E-state index in [9.17, 15) is 19.8 Å². The third-order valence-electron chi connectivity index (χ3n) is 12.3. The number of nitrogens with one attached hydrogen (secondary N) is 1. The molecule has 66 heavy (non-hydrogen) atoms. The Kier molecular flexibility index (Phi) is 50.6. The van der Waals surface area contributed by atoms with Gasteiger partial charge in [0.05, 0.1) is 25.2 Å². The van der Waals surface area contributed by atoms with E-state index in [1.165, 1.54) is 96.3 Å². The van der Waals surface area contributed by atoms with Crippen LogP contribution in [0, 0.1) is 0 Å². The lowest BCUT2D eigenvalue weighted by Gasteiger charge is -2.24. The first-order valence-corrected chi connectivity index (χ1v) is 27.9. The van der Waals surface area contributed by atoms with Crippen LogP contribution in [0.15, 0.2) is 85.1 Å². The fourth-order valence-electron chi connectivity index (χ4n) is 8.10. The standard InChI is InChI=1S/C60H105NO5/c1-4-7-10-13-16-19-22-25-28-29-30-32-35-38-41-44-47-50-53-60(65)66-56(51-48-45-42-39-36-33-27-24-21-18-15-12-9-6-3)54-59(64)61-57(55-62)58(63)52-49-46-43-40-37-34-31-26-23-20-17-14-11-8-5-2/h9,12,16,18-19,21-22,25,27-30,32-33,56-58,62-63H,4-8,10-11,13-15,17,20,23-24,26,31,34-55H2,1-3H3,(H,61,64)/b12-9+,19-16+,21-18+,25-22+,29-28+,32-30+,33-27+. The molecule has 0 saturated carbocycles. The quantitative estimate of drug-likeness (QED) is 0.0245. The minimum atomic E-state index is -0.803. The third kappa shape index (κ3) is 47.5. The van der Waals surface area contributed by atoms with Gasteiger partial charge in [-0.1, -0.05) is 247 Å². The molecule has 0 aliphatic rings. The number of ether oxygens (including phenoxy) is 1. The van der Waals surface area contributed by atoms with Crippen molar-refractivity contribution < 1.29 is 24.5 Å². The van der Waals surface area contributed by atoms with Crippen LogP contribution in [0.4, 0.5) is 0 Å². The van der Waals surface area contributed by atoms with Crippen molar-refractivity contribution in [3.8, 4) is 0 Å². The minimum absolute atomic E-state index is 0.0492. The van der Waals surface area contributed by atoms with Crippen LogP contribution in [0.1, 0.15) is 258 Å². The second-order valence-electron chi connectivity index (χ2n) is 18.7. The minimum Gasteiger partial charge on any atom is -0.462 e. The summed E-state index contributed by atoms with van der Waals surface area (Å²) in [4.78, 5) is 26.2. The molecule has 380 valence electrons. The van der Waals surface area contributed by atoms with Crippen molar-refractivity contribution in [2.75, 3.05) is 6.61 Å². The Morgan fingerprint density at radius 2 is 0.879 bits per heavy atom. The molecule has 0 heterocycles. The van der Waals surface area contributed by atoms with Crippen molar-refractivity contribution >= 4 is 11.9 Å². The first kappa shape index (κ1) is 63.0. The number of unbranched alkanes of at least 4 members (excludes halogenated alkanes) is 26. The molecule has 0 fully saturated rings. The molecular weight excluding hydrogens is 815 g/mol. The van der Waals surface area contributed by atoms with Gasteiger partial charge in [-0.05, 0) is 83.5 Å². The van der Waals surface area contributed by atoms with Crippen molar-refractivity contribution in [3.05, 3.63) is 85.1 Å². The summed E-state index contributed by atoms with van der Waals surface area (Å²) in [5.74, 6) is -0.523. The molecule has 3 N–H and O–H groups in total. The highest BCUT2D eigenvalue weighted by molar-refractivity contribution is 5.77. The van der Waals surface area contributed by atoms with Crippen molar-refractivity contribution in [3.63, 3.8) is 0 Å². The van der Waals surface area contributed by atoms with Crippen molar-refractivity contribution in [1.82, 2.24) is 5.32 Å². The van der Waals surface area contributed by atoms with Crippen molar-refractivity contribution in [2.24, 2.45) is 0 Å². The molecule has 6 heteroatoms. The lowest BCUT2D eigenvalue weighted by Crippen LogP contribution is -2.46. The second kappa shape index (κ2) is 53.0. The van der Waals surface area contributed by atoms with Gasteiger partial charge in [-0.2, -0.15) is 0 Å². The van der Waals surface area contributed by atoms with Gasteiger partial charge in [-0.3, -0.25) is 9.59 Å². The largest absolute Gasteiger partial charge is 0.462 e. The SMILES string of the molecule is CC/C=C/C/C=C/C/C=C/CCCCCCC(CC(=O)NC(CO)C(O)CCCCCCCCCCCCCCCCC)OC(=O)CCCCCCC/C=C/C=C/C=C/C=C/CCCCC. The molecule has 0 rings (SSSR count). The monoisotopic (exact) mass is 920 g/mol. The average Bonchev–Trinajstić information content (AvgIpc) is 3.31. The van der Waals surface area contributed by atoms with Gasteiger partial charge in [0.1, 0.15) is 6.10 Å². The Morgan fingerprint density at radius 1 is 0.470 bits per heavy atom. The molecular formula is C60H105NO5. The number of hydrogen-bond acceptors (Lipinski definition) is 5. The number of allylic oxidation sites excluding steroid dienone is 14. The summed E-state index contributed by atoms with van der Waals surface area (Å²) in [5.41, 5.74) is 0. The topological polar surface area (TPSA) is 95.9 Å². The van der Waals surface area contributed by atoms with Gasteiger partial charge < -0.3 is 20.3 Å². The first-order chi connectivity index (χ1) is 32.5. The van der Waals surface area contributed by atoms with E-state index in [0.717, 1.165) is 116 Å². The number of aliphatic hydroxyl groups excluding tert-OH is 2. The van der Waals surface area contributed by atoms with Gasteiger partial charge in [-0.15, -0.1) is 0 Å². The number of aliphatic hydroxyl groups is 2. The van der Waals surface area contributed by atoms with Gasteiger partial charge in [0, 0.05) is 6.42 Å².